The van der Waals surface area contributed by atoms with Crippen LogP contribution in [0.15, 0.2) is 65.0 Å². The predicted molar refractivity (Wildman–Crippen MR) is 128 cm³/mol. The minimum atomic E-state index is -0.865. The van der Waals surface area contributed by atoms with Gasteiger partial charge in [-0.2, -0.15) is 4.99 Å². The summed E-state index contributed by atoms with van der Waals surface area (Å²) in [6, 6.07) is 14.0. The maximum atomic E-state index is 13.0. The summed E-state index contributed by atoms with van der Waals surface area (Å²) in [6.45, 7) is 3.80. The Kier molecular flexibility index (Phi) is 6.55. The van der Waals surface area contributed by atoms with Crippen molar-refractivity contribution >= 4 is 28.6 Å². The van der Waals surface area contributed by atoms with Crippen LogP contribution in [0.3, 0.4) is 0 Å². The smallest absolute Gasteiger partial charge is 0.267 e. The van der Waals surface area contributed by atoms with Gasteiger partial charge in [-0.1, -0.05) is 37.3 Å². The highest BCUT2D eigenvalue weighted by molar-refractivity contribution is 7.07. The number of aryl methyl sites for hydroxylation is 2. The normalized spacial score (nSPS) is 11.4. The maximum Gasteiger partial charge on any atom is 0.280 e. The summed E-state index contributed by atoms with van der Waals surface area (Å²) in [7, 11) is 0. The summed E-state index contributed by atoms with van der Waals surface area (Å²) >= 11 is 1.16. The molecule has 4 rings (SSSR count). The van der Waals surface area contributed by atoms with Gasteiger partial charge in [-0.15, -0.1) is 11.3 Å². The van der Waals surface area contributed by atoms with E-state index in [4.69, 9.17) is 0 Å². The molecule has 0 radical (unpaired) electrons. The topological polar surface area (TPSA) is 146 Å². The Bertz CT molecular complexity index is 1490. The summed E-state index contributed by atoms with van der Waals surface area (Å²) < 4.78 is 1.63. The fourth-order valence-corrected chi connectivity index (χ4v) is 4.25. The summed E-state index contributed by atoms with van der Waals surface area (Å²) in [6.07, 6.45) is 0.671. The van der Waals surface area contributed by atoms with E-state index in [1.165, 1.54) is 0 Å². The number of rotatable bonds is 6. The predicted octanol–water partition coefficient (Wildman–Crippen LogP) is 4.42. The first kappa shape index (κ1) is 23.6. The van der Waals surface area contributed by atoms with Crippen molar-refractivity contribution in [3.63, 3.8) is 0 Å². The number of aromatic nitrogens is 3. The van der Waals surface area contributed by atoms with Gasteiger partial charge in [0.2, 0.25) is 10.7 Å². The van der Waals surface area contributed by atoms with E-state index in [2.05, 4.69) is 15.0 Å². The van der Waals surface area contributed by atoms with Crippen LogP contribution in [0.5, 0.6) is 0 Å². The second-order valence-corrected chi connectivity index (χ2v) is 8.26. The van der Waals surface area contributed by atoms with Gasteiger partial charge < -0.3 is 0 Å². The molecule has 0 unspecified atom stereocenters. The van der Waals surface area contributed by atoms with E-state index in [-0.39, 0.29) is 10.4 Å². The minimum absolute atomic E-state index is 0.218. The summed E-state index contributed by atoms with van der Waals surface area (Å²) in [5, 5.41) is 24.2. The van der Waals surface area contributed by atoms with Gasteiger partial charge in [0.05, 0.1) is 27.2 Å². The molecule has 0 atom stereocenters. The van der Waals surface area contributed by atoms with Crippen LogP contribution in [0.25, 0.3) is 17.2 Å². The molecule has 0 aliphatic rings. The van der Waals surface area contributed by atoms with E-state index in [9.17, 15) is 25.0 Å². The van der Waals surface area contributed by atoms with Crippen molar-refractivity contribution in [3.8, 4) is 17.2 Å². The quantitative estimate of drug-likeness (QED) is 0.287. The lowest BCUT2D eigenvalue weighted by atomic mass is 10.1. The molecule has 0 saturated heterocycles. The number of thiazole rings is 1. The molecule has 2 heterocycles. The molecule has 4 aromatic rings. The van der Waals surface area contributed by atoms with Gasteiger partial charge in [0.1, 0.15) is 0 Å². The first-order valence-corrected chi connectivity index (χ1v) is 11.3. The van der Waals surface area contributed by atoms with E-state index in [0.717, 1.165) is 46.5 Å². The van der Waals surface area contributed by atoms with E-state index in [1.54, 1.807) is 9.95 Å². The molecule has 35 heavy (non-hydrogen) atoms. The number of amides is 1. The van der Waals surface area contributed by atoms with Crippen molar-refractivity contribution in [2.45, 2.75) is 20.3 Å². The van der Waals surface area contributed by atoms with Crippen molar-refractivity contribution in [3.05, 3.63) is 102 Å². The zero-order chi connectivity index (χ0) is 25.1. The molecule has 0 spiro atoms. The number of non-ortho nitro benzene ring substituents is 2. The molecule has 11 nitrogen and oxygen atoms in total. The van der Waals surface area contributed by atoms with Crippen molar-refractivity contribution in [2.24, 2.45) is 4.99 Å². The molecule has 1 amide bonds. The lowest BCUT2D eigenvalue weighted by Crippen LogP contribution is -2.19. The third kappa shape index (κ3) is 5.01. The van der Waals surface area contributed by atoms with Crippen LogP contribution >= 0.6 is 11.3 Å². The van der Waals surface area contributed by atoms with Crippen LogP contribution in [-0.4, -0.2) is 30.3 Å². The summed E-state index contributed by atoms with van der Waals surface area (Å²) in [4.78, 5) is 47.4. The van der Waals surface area contributed by atoms with Gasteiger partial charge in [0.25, 0.3) is 17.3 Å². The lowest BCUT2D eigenvalue weighted by molar-refractivity contribution is -0.394. The number of hydrogen-bond donors (Lipinski definition) is 0. The zero-order valence-electron chi connectivity index (χ0n) is 18.6. The molecule has 2 aromatic carbocycles. The number of nitro groups is 2. The fraction of sp³-hybridized carbons (Fsp3) is 0.130. The Morgan fingerprint density at radius 2 is 1.69 bits per heavy atom. The van der Waals surface area contributed by atoms with E-state index in [0.29, 0.717) is 18.1 Å². The number of benzene rings is 2. The third-order valence-electron chi connectivity index (χ3n) is 5.00. The van der Waals surface area contributed by atoms with Crippen LogP contribution in [0, 0.1) is 27.2 Å². The largest absolute Gasteiger partial charge is 0.280 e. The highest BCUT2D eigenvalue weighted by atomic mass is 32.1. The van der Waals surface area contributed by atoms with Crippen molar-refractivity contribution in [1.29, 1.82) is 0 Å². The number of hydrogen-bond acceptors (Lipinski definition) is 8. The second kappa shape index (κ2) is 9.73. The number of carbonyl (C=O) groups is 1. The molecule has 2 aromatic heterocycles. The van der Waals surface area contributed by atoms with Gasteiger partial charge in [-0.05, 0) is 25.0 Å². The number of nitrogens with zero attached hydrogens (tertiary/aromatic N) is 6. The summed E-state index contributed by atoms with van der Waals surface area (Å²) in [5.41, 5.74) is 1.65. The maximum absolute atomic E-state index is 13.0. The molecule has 0 bridgehead atoms. The lowest BCUT2D eigenvalue weighted by Gasteiger charge is -2.10. The Balaban J connectivity index is 1.93. The van der Waals surface area contributed by atoms with Crippen molar-refractivity contribution < 1.29 is 14.6 Å². The standard InChI is InChI=1S/C23H18N6O5S/c1-3-17-9-14(2)24-22(25-17)27-20(15-7-5-4-6-8-15)13-35-23(27)26-21(30)16-10-18(28(31)32)12-19(11-16)29(33)34/h4-13H,3H2,1-2H3. The average Bonchev–Trinajstić information content (AvgIpc) is 3.27. The second-order valence-electron chi connectivity index (χ2n) is 7.43. The van der Waals surface area contributed by atoms with Gasteiger partial charge in [-0.25, -0.2) is 9.97 Å². The van der Waals surface area contributed by atoms with Crippen LogP contribution in [0.2, 0.25) is 0 Å². The molecule has 0 saturated carbocycles. The van der Waals surface area contributed by atoms with Gasteiger partial charge in [-0.3, -0.25) is 29.6 Å². The summed E-state index contributed by atoms with van der Waals surface area (Å²) in [5.74, 6) is -0.547. The van der Waals surface area contributed by atoms with Crippen LogP contribution < -0.4 is 4.80 Å². The van der Waals surface area contributed by atoms with E-state index < -0.39 is 27.1 Å². The van der Waals surface area contributed by atoms with Crippen LogP contribution in [0.4, 0.5) is 11.4 Å². The Morgan fingerprint density at radius 1 is 1.03 bits per heavy atom. The molecule has 176 valence electrons. The molecule has 0 N–H and O–H groups in total. The fourth-order valence-electron chi connectivity index (χ4n) is 3.37. The monoisotopic (exact) mass is 490 g/mol. The van der Waals surface area contributed by atoms with Gasteiger partial charge in [0, 0.05) is 28.9 Å². The van der Waals surface area contributed by atoms with Gasteiger partial charge in [0.15, 0.2) is 0 Å². The van der Waals surface area contributed by atoms with Crippen LogP contribution in [-0.2, 0) is 6.42 Å². The third-order valence-corrected chi connectivity index (χ3v) is 5.83. The minimum Gasteiger partial charge on any atom is -0.267 e. The molecule has 0 aliphatic heterocycles. The SMILES string of the molecule is CCc1cc(C)nc(-n2c(-c3ccccc3)csc2=NC(=O)c2cc([N+](=O)[O-])cc([N+](=O)[O-])c2)n1. The first-order chi connectivity index (χ1) is 16.8. The van der Waals surface area contributed by atoms with E-state index >= 15 is 0 Å². The highest BCUT2D eigenvalue weighted by Gasteiger charge is 2.21. The first-order valence-electron chi connectivity index (χ1n) is 10.4. The molecule has 0 aliphatic carbocycles. The Labute approximate surface area is 202 Å². The highest BCUT2D eigenvalue weighted by Crippen LogP contribution is 2.24. The molecule has 0 fully saturated rings. The van der Waals surface area contributed by atoms with Crippen LogP contribution in [0.1, 0.15) is 28.7 Å². The molecular formula is C23H18N6O5S. The molecule has 12 heteroatoms. The Morgan fingerprint density at radius 3 is 2.29 bits per heavy atom. The Hall–Kier alpha value is -4.58. The average molecular weight is 491 g/mol. The number of nitro benzene ring substituents is 2. The van der Waals surface area contributed by atoms with E-state index in [1.807, 2.05) is 50.2 Å². The van der Waals surface area contributed by atoms with Crippen molar-refractivity contribution in [1.82, 2.24) is 14.5 Å². The van der Waals surface area contributed by atoms with Crippen molar-refractivity contribution in [2.75, 3.05) is 0 Å². The number of carbonyl (C=O) groups excluding carboxylic acids is 1. The zero-order valence-corrected chi connectivity index (χ0v) is 19.4. The molecular weight excluding hydrogens is 472 g/mol. The van der Waals surface area contributed by atoms with Gasteiger partial charge >= 0.3 is 0 Å².